The van der Waals surface area contributed by atoms with Gasteiger partial charge in [0.15, 0.2) is 0 Å². The lowest BCUT2D eigenvalue weighted by Crippen LogP contribution is -2.07. The summed E-state index contributed by atoms with van der Waals surface area (Å²) in [5.74, 6) is 0.478. The second-order valence-electron chi connectivity index (χ2n) is 3.18. The molecule has 0 fully saturated rings. The summed E-state index contributed by atoms with van der Waals surface area (Å²) in [5, 5.41) is 0. The maximum absolute atomic E-state index is 11.7. The van der Waals surface area contributed by atoms with E-state index < -0.39 is 0 Å². The zero-order valence-electron chi connectivity index (χ0n) is 8.30. The van der Waals surface area contributed by atoms with E-state index in [4.69, 9.17) is 4.74 Å². The van der Waals surface area contributed by atoms with Gasteiger partial charge in [-0.2, -0.15) is 0 Å². The molecule has 0 aliphatic heterocycles. The summed E-state index contributed by atoms with van der Waals surface area (Å²) in [6, 6.07) is 1.84. The van der Waals surface area contributed by atoms with Crippen molar-refractivity contribution in [3.05, 3.63) is 32.5 Å². The van der Waals surface area contributed by atoms with E-state index in [2.05, 4.69) is 25.9 Å². The van der Waals surface area contributed by atoms with Crippen molar-refractivity contribution in [3.8, 4) is 5.88 Å². The standard InChI is InChI=1S/C10H9BrN2O2/c1-5-3-7-8(13-10(5)15-2)9(14)6(11)4-12-7/h3-4H,1-2H3,(H,12,14). The second kappa shape index (κ2) is 3.66. The Morgan fingerprint density at radius 2 is 2.27 bits per heavy atom. The number of ether oxygens (including phenoxy) is 1. The van der Waals surface area contributed by atoms with Crippen LogP contribution >= 0.6 is 15.9 Å². The zero-order valence-corrected chi connectivity index (χ0v) is 9.88. The Bertz CT molecular complexity index is 577. The first kappa shape index (κ1) is 10.2. The van der Waals surface area contributed by atoms with Crippen molar-refractivity contribution >= 4 is 27.0 Å². The van der Waals surface area contributed by atoms with Crippen LogP contribution in [-0.4, -0.2) is 17.1 Å². The molecule has 0 unspecified atom stereocenters. The molecule has 4 nitrogen and oxygen atoms in total. The van der Waals surface area contributed by atoms with Crippen molar-refractivity contribution < 1.29 is 4.74 Å². The number of methoxy groups -OCH3 is 1. The lowest BCUT2D eigenvalue weighted by Gasteiger charge is -2.05. The Labute approximate surface area is 94.4 Å². The van der Waals surface area contributed by atoms with Crippen LogP contribution in [0.4, 0.5) is 0 Å². The van der Waals surface area contributed by atoms with Gasteiger partial charge in [0.1, 0.15) is 5.52 Å². The number of hydrogen-bond donors (Lipinski definition) is 1. The van der Waals surface area contributed by atoms with Crippen LogP contribution in [0.1, 0.15) is 5.56 Å². The van der Waals surface area contributed by atoms with Gasteiger partial charge in [-0.3, -0.25) is 4.79 Å². The highest BCUT2D eigenvalue weighted by Crippen LogP contribution is 2.18. The van der Waals surface area contributed by atoms with Gasteiger partial charge in [0, 0.05) is 11.8 Å². The molecule has 1 N–H and O–H groups in total. The average Bonchev–Trinajstić information content (AvgIpc) is 2.23. The zero-order chi connectivity index (χ0) is 11.0. The lowest BCUT2D eigenvalue weighted by molar-refractivity contribution is 0.396. The number of nitrogens with zero attached hydrogens (tertiary/aromatic N) is 1. The molecule has 0 bridgehead atoms. The smallest absolute Gasteiger partial charge is 0.222 e. The van der Waals surface area contributed by atoms with Crippen LogP contribution in [0.3, 0.4) is 0 Å². The molecule has 0 saturated carbocycles. The Morgan fingerprint density at radius 3 is 2.93 bits per heavy atom. The summed E-state index contributed by atoms with van der Waals surface area (Å²) in [7, 11) is 1.54. The first-order valence-corrected chi connectivity index (χ1v) is 5.15. The average molecular weight is 269 g/mol. The summed E-state index contributed by atoms with van der Waals surface area (Å²) in [6.45, 7) is 1.88. The molecule has 0 aromatic carbocycles. The predicted molar refractivity (Wildman–Crippen MR) is 61.4 cm³/mol. The monoisotopic (exact) mass is 268 g/mol. The fourth-order valence-electron chi connectivity index (χ4n) is 1.41. The van der Waals surface area contributed by atoms with Crippen LogP contribution in [0.25, 0.3) is 11.0 Å². The number of rotatable bonds is 1. The third kappa shape index (κ3) is 1.63. The maximum Gasteiger partial charge on any atom is 0.222 e. The molecule has 0 spiro atoms. The SMILES string of the molecule is COc1nc2c(=O)c(Br)c[nH]c2cc1C. The number of H-pyrrole nitrogens is 1. The maximum atomic E-state index is 11.7. The molecule has 0 amide bonds. The van der Waals surface area contributed by atoms with Gasteiger partial charge in [0.25, 0.3) is 0 Å². The number of fused-ring (bicyclic) bond motifs is 1. The first-order chi connectivity index (χ1) is 7.13. The molecule has 0 aliphatic carbocycles. The summed E-state index contributed by atoms with van der Waals surface area (Å²) in [5.41, 5.74) is 1.85. The molecule has 15 heavy (non-hydrogen) atoms. The van der Waals surface area contributed by atoms with Crippen LogP contribution in [0.2, 0.25) is 0 Å². The van der Waals surface area contributed by atoms with Gasteiger partial charge < -0.3 is 9.72 Å². The van der Waals surface area contributed by atoms with Gasteiger partial charge in [0.05, 0.1) is 17.1 Å². The molecule has 2 rings (SSSR count). The van der Waals surface area contributed by atoms with E-state index >= 15 is 0 Å². The van der Waals surface area contributed by atoms with Gasteiger partial charge in [-0.15, -0.1) is 0 Å². The molecule has 2 heterocycles. The molecule has 0 saturated heterocycles. The minimum atomic E-state index is -0.137. The molecular formula is C10H9BrN2O2. The van der Waals surface area contributed by atoms with Crippen molar-refractivity contribution in [2.24, 2.45) is 0 Å². The number of halogens is 1. The molecular weight excluding hydrogens is 260 g/mol. The number of aromatic amines is 1. The Kier molecular flexibility index (Phi) is 2.48. The van der Waals surface area contributed by atoms with Crippen LogP contribution in [0.5, 0.6) is 5.88 Å². The first-order valence-electron chi connectivity index (χ1n) is 4.36. The van der Waals surface area contributed by atoms with Gasteiger partial charge in [0.2, 0.25) is 11.3 Å². The molecule has 2 aromatic heterocycles. The van der Waals surface area contributed by atoms with Crippen molar-refractivity contribution in [3.63, 3.8) is 0 Å². The highest BCUT2D eigenvalue weighted by atomic mass is 79.9. The number of hydrogen-bond acceptors (Lipinski definition) is 3. The highest BCUT2D eigenvalue weighted by Gasteiger charge is 2.08. The largest absolute Gasteiger partial charge is 0.481 e. The highest BCUT2D eigenvalue weighted by molar-refractivity contribution is 9.10. The Balaban J connectivity index is 2.89. The summed E-state index contributed by atoms with van der Waals surface area (Å²) >= 11 is 3.16. The summed E-state index contributed by atoms with van der Waals surface area (Å²) in [6.07, 6.45) is 1.61. The van der Waals surface area contributed by atoms with Crippen LogP contribution in [0, 0.1) is 6.92 Å². The number of aromatic nitrogens is 2. The molecule has 78 valence electrons. The minimum Gasteiger partial charge on any atom is -0.481 e. The summed E-state index contributed by atoms with van der Waals surface area (Å²) < 4.78 is 5.53. The summed E-state index contributed by atoms with van der Waals surface area (Å²) in [4.78, 5) is 18.9. The lowest BCUT2D eigenvalue weighted by atomic mass is 10.2. The van der Waals surface area contributed by atoms with Crippen molar-refractivity contribution in [1.82, 2.24) is 9.97 Å². The van der Waals surface area contributed by atoms with E-state index in [9.17, 15) is 4.79 Å². The van der Waals surface area contributed by atoms with Gasteiger partial charge >= 0.3 is 0 Å². The molecule has 5 heteroatoms. The third-order valence-electron chi connectivity index (χ3n) is 2.15. The molecule has 0 radical (unpaired) electrons. The van der Waals surface area contributed by atoms with Crippen molar-refractivity contribution in [2.75, 3.05) is 7.11 Å². The van der Waals surface area contributed by atoms with Crippen molar-refractivity contribution in [1.29, 1.82) is 0 Å². The van der Waals surface area contributed by atoms with Crippen LogP contribution in [-0.2, 0) is 0 Å². The van der Waals surface area contributed by atoms with Gasteiger partial charge in [-0.1, -0.05) is 0 Å². The van der Waals surface area contributed by atoms with E-state index in [0.717, 1.165) is 5.56 Å². The number of pyridine rings is 2. The quantitative estimate of drug-likeness (QED) is 0.861. The van der Waals surface area contributed by atoms with E-state index in [1.54, 1.807) is 6.20 Å². The minimum absolute atomic E-state index is 0.137. The number of aryl methyl sites for hydroxylation is 1. The molecule has 2 aromatic rings. The van der Waals surface area contributed by atoms with E-state index in [1.807, 2.05) is 13.0 Å². The Morgan fingerprint density at radius 1 is 1.53 bits per heavy atom. The molecule has 0 atom stereocenters. The van der Waals surface area contributed by atoms with Crippen LogP contribution < -0.4 is 10.2 Å². The topological polar surface area (TPSA) is 55.0 Å². The second-order valence-corrected chi connectivity index (χ2v) is 4.03. The van der Waals surface area contributed by atoms with Crippen molar-refractivity contribution in [2.45, 2.75) is 6.92 Å². The van der Waals surface area contributed by atoms with E-state index in [0.29, 0.717) is 21.4 Å². The fraction of sp³-hybridized carbons (Fsp3) is 0.200. The normalized spacial score (nSPS) is 10.6. The fourth-order valence-corrected chi connectivity index (χ4v) is 1.71. The number of nitrogens with one attached hydrogen (secondary N) is 1. The van der Waals surface area contributed by atoms with Gasteiger partial charge in [-0.25, -0.2) is 4.98 Å². The third-order valence-corrected chi connectivity index (χ3v) is 2.74. The predicted octanol–water partition coefficient (Wildman–Crippen LogP) is 2.00. The van der Waals surface area contributed by atoms with Crippen LogP contribution in [0.15, 0.2) is 21.5 Å². The van der Waals surface area contributed by atoms with Gasteiger partial charge in [-0.05, 0) is 28.9 Å². The Hall–Kier alpha value is -1.36. The molecule has 0 aliphatic rings. The van der Waals surface area contributed by atoms with E-state index in [-0.39, 0.29) is 5.43 Å². The van der Waals surface area contributed by atoms with E-state index in [1.165, 1.54) is 7.11 Å².